The van der Waals surface area contributed by atoms with Gasteiger partial charge in [-0.2, -0.15) is 0 Å². The molecule has 2 unspecified atom stereocenters. The lowest BCUT2D eigenvalue weighted by Crippen LogP contribution is -2.44. The van der Waals surface area contributed by atoms with E-state index in [0.29, 0.717) is 12.0 Å². The number of hydrogen-bond acceptors (Lipinski definition) is 5. The molecule has 1 aliphatic heterocycles. The summed E-state index contributed by atoms with van der Waals surface area (Å²) < 4.78 is 0. The highest BCUT2D eigenvalue weighted by atomic mass is 32.2. The predicted molar refractivity (Wildman–Crippen MR) is 70.8 cm³/mol. The maximum atomic E-state index is 10.9. The Morgan fingerprint density at radius 1 is 1.19 bits per heavy atom. The molecular weight excluding hydrogens is 242 g/mol. The van der Waals surface area contributed by atoms with E-state index in [4.69, 9.17) is 0 Å². The summed E-state index contributed by atoms with van der Waals surface area (Å²) in [5.41, 5.74) is 0. The third-order valence-electron chi connectivity index (χ3n) is 2.69. The van der Waals surface area contributed by atoms with Crippen molar-refractivity contribution < 1.29 is 9.59 Å². The Hall–Kier alpha value is -0.0000000000000000555. The van der Waals surface area contributed by atoms with Gasteiger partial charge in [-0.1, -0.05) is 23.5 Å². The van der Waals surface area contributed by atoms with Gasteiger partial charge in [0.05, 0.1) is 0 Å². The van der Waals surface area contributed by atoms with Gasteiger partial charge in [0.25, 0.3) is 0 Å². The van der Waals surface area contributed by atoms with Crippen LogP contribution in [0.4, 0.5) is 0 Å². The maximum Gasteiger partial charge on any atom is 0.185 e. The lowest BCUT2D eigenvalue weighted by molar-refractivity contribution is -0.110. The molecule has 0 spiro atoms. The van der Waals surface area contributed by atoms with E-state index in [2.05, 4.69) is 5.32 Å². The minimum absolute atomic E-state index is 0.172. The molecule has 1 saturated heterocycles. The summed E-state index contributed by atoms with van der Waals surface area (Å²) in [5.74, 6) is 2.23. The van der Waals surface area contributed by atoms with Crippen molar-refractivity contribution in [1.29, 1.82) is 0 Å². The highest BCUT2D eigenvalue weighted by Crippen LogP contribution is 2.24. The van der Waals surface area contributed by atoms with Crippen molar-refractivity contribution in [2.24, 2.45) is 5.92 Å². The minimum Gasteiger partial charge on any atom is -0.313 e. The molecule has 0 radical (unpaired) electrons. The van der Waals surface area contributed by atoms with Crippen molar-refractivity contribution in [2.75, 3.05) is 18.1 Å². The molecule has 1 rings (SSSR count). The average Bonchev–Trinajstić information content (AvgIpc) is 2.24. The zero-order chi connectivity index (χ0) is 12.0. The standard InChI is InChI=1S/C11H19NO2S2/c1-8(13)15-6-10-4-3-5-12-11(10)7-16-9(2)14/h10-12H,3-7H2,1-2H3. The lowest BCUT2D eigenvalue weighted by Gasteiger charge is -2.31. The highest BCUT2D eigenvalue weighted by molar-refractivity contribution is 8.13. The molecule has 16 heavy (non-hydrogen) atoms. The first-order chi connectivity index (χ1) is 7.59. The van der Waals surface area contributed by atoms with E-state index >= 15 is 0 Å². The molecule has 2 atom stereocenters. The van der Waals surface area contributed by atoms with Gasteiger partial charge in [0, 0.05) is 31.4 Å². The van der Waals surface area contributed by atoms with Crippen molar-refractivity contribution >= 4 is 33.8 Å². The van der Waals surface area contributed by atoms with E-state index in [9.17, 15) is 9.59 Å². The summed E-state index contributed by atoms with van der Waals surface area (Å²) in [6.45, 7) is 4.25. The predicted octanol–water partition coefficient (Wildman–Crippen LogP) is 1.91. The van der Waals surface area contributed by atoms with Crippen molar-refractivity contribution in [2.45, 2.75) is 32.7 Å². The van der Waals surface area contributed by atoms with Gasteiger partial charge < -0.3 is 5.32 Å². The van der Waals surface area contributed by atoms with Gasteiger partial charge in [-0.15, -0.1) is 0 Å². The van der Waals surface area contributed by atoms with E-state index in [1.807, 2.05) is 0 Å². The summed E-state index contributed by atoms with van der Waals surface area (Å²) in [6.07, 6.45) is 2.33. The van der Waals surface area contributed by atoms with Gasteiger partial charge >= 0.3 is 0 Å². The Morgan fingerprint density at radius 3 is 2.44 bits per heavy atom. The van der Waals surface area contributed by atoms with Gasteiger partial charge in [-0.3, -0.25) is 9.59 Å². The second kappa shape index (κ2) is 7.35. The van der Waals surface area contributed by atoms with E-state index < -0.39 is 0 Å². The molecule has 1 fully saturated rings. The highest BCUT2D eigenvalue weighted by Gasteiger charge is 2.25. The lowest BCUT2D eigenvalue weighted by atomic mass is 9.94. The quantitative estimate of drug-likeness (QED) is 0.837. The molecule has 0 saturated carbocycles. The SMILES string of the molecule is CC(=O)SCC1CCCNC1CSC(C)=O. The second-order valence-corrected chi connectivity index (χ2v) is 6.46. The van der Waals surface area contributed by atoms with E-state index in [-0.39, 0.29) is 10.2 Å². The molecular formula is C11H19NO2S2. The van der Waals surface area contributed by atoms with Gasteiger partial charge in [-0.25, -0.2) is 0 Å². The summed E-state index contributed by atoms with van der Waals surface area (Å²) in [6, 6.07) is 0.384. The minimum atomic E-state index is 0.172. The fraction of sp³-hybridized carbons (Fsp3) is 0.818. The number of carbonyl (C=O) groups excluding carboxylic acids is 2. The molecule has 0 bridgehead atoms. The molecule has 3 nitrogen and oxygen atoms in total. The van der Waals surface area contributed by atoms with Crippen LogP contribution in [0.1, 0.15) is 26.7 Å². The molecule has 5 heteroatoms. The number of thioether (sulfide) groups is 2. The van der Waals surface area contributed by atoms with Crippen molar-refractivity contribution in [3.63, 3.8) is 0 Å². The molecule has 0 amide bonds. The number of hydrogen-bond donors (Lipinski definition) is 1. The molecule has 0 aromatic rings. The van der Waals surface area contributed by atoms with Crippen LogP contribution in [0.2, 0.25) is 0 Å². The van der Waals surface area contributed by atoms with Crippen LogP contribution in [0.3, 0.4) is 0 Å². The van der Waals surface area contributed by atoms with Gasteiger partial charge in [0.1, 0.15) is 0 Å². The summed E-state index contributed by atoms with van der Waals surface area (Å²) in [7, 11) is 0. The summed E-state index contributed by atoms with van der Waals surface area (Å²) in [5, 5.41) is 3.81. The molecule has 1 N–H and O–H groups in total. The molecule has 0 aromatic carbocycles. The van der Waals surface area contributed by atoms with Crippen molar-refractivity contribution in [3.8, 4) is 0 Å². The Labute approximate surface area is 106 Å². The number of rotatable bonds is 4. The Kier molecular flexibility index (Phi) is 6.46. The normalized spacial score (nSPS) is 25.4. The Morgan fingerprint density at radius 2 is 1.81 bits per heavy atom. The van der Waals surface area contributed by atoms with Crippen LogP contribution in [0, 0.1) is 5.92 Å². The van der Waals surface area contributed by atoms with Crippen LogP contribution in [-0.2, 0) is 9.59 Å². The van der Waals surface area contributed by atoms with Gasteiger partial charge in [-0.05, 0) is 25.3 Å². The first-order valence-corrected chi connectivity index (χ1v) is 7.57. The third-order valence-corrected chi connectivity index (χ3v) is 4.63. The van der Waals surface area contributed by atoms with Crippen LogP contribution in [-0.4, -0.2) is 34.3 Å². The summed E-state index contributed by atoms with van der Waals surface area (Å²) >= 11 is 2.78. The van der Waals surface area contributed by atoms with Crippen LogP contribution < -0.4 is 5.32 Å². The molecule has 92 valence electrons. The largest absolute Gasteiger partial charge is 0.313 e. The van der Waals surface area contributed by atoms with E-state index in [1.165, 1.54) is 29.9 Å². The van der Waals surface area contributed by atoms with Crippen LogP contribution in [0.15, 0.2) is 0 Å². The van der Waals surface area contributed by atoms with E-state index in [0.717, 1.165) is 24.5 Å². The van der Waals surface area contributed by atoms with Crippen LogP contribution >= 0.6 is 23.5 Å². The first-order valence-electron chi connectivity index (χ1n) is 5.59. The number of carbonyl (C=O) groups is 2. The van der Waals surface area contributed by atoms with Gasteiger partial charge in [0.15, 0.2) is 10.2 Å². The number of nitrogens with one attached hydrogen (secondary N) is 1. The third kappa shape index (κ3) is 5.37. The zero-order valence-corrected chi connectivity index (χ0v) is 11.5. The zero-order valence-electron chi connectivity index (χ0n) is 9.82. The molecule has 1 heterocycles. The Balaban J connectivity index is 2.37. The average molecular weight is 261 g/mol. The number of piperidine rings is 1. The first kappa shape index (κ1) is 14.1. The van der Waals surface area contributed by atoms with Crippen LogP contribution in [0.25, 0.3) is 0 Å². The second-order valence-electron chi connectivity index (χ2n) is 4.07. The fourth-order valence-electron chi connectivity index (χ4n) is 1.85. The molecule has 1 aliphatic rings. The van der Waals surface area contributed by atoms with Crippen LogP contribution in [0.5, 0.6) is 0 Å². The Bertz CT molecular complexity index is 232. The molecule has 0 aliphatic carbocycles. The topological polar surface area (TPSA) is 46.2 Å². The van der Waals surface area contributed by atoms with Crippen molar-refractivity contribution in [1.82, 2.24) is 5.32 Å². The summed E-state index contributed by atoms with van der Waals surface area (Å²) in [4.78, 5) is 21.9. The van der Waals surface area contributed by atoms with E-state index in [1.54, 1.807) is 13.8 Å². The van der Waals surface area contributed by atoms with Crippen molar-refractivity contribution in [3.05, 3.63) is 0 Å². The monoisotopic (exact) mass is 261 g/mol. The molecule has 0 aromatic heterocycles. The smallest absolute Gasteiger partial charge is 0.185 e. The maximum absolute atomic E-state index is 10.9. The fourth-order valence-corrected chi connectivity index (χ4v) is 3.50. The van der Waals surface area contributed by atoms with Gasteiger partial charge in [0.2, 0.25) is 0 Å².